The molecule has 2 aromatic rings. The highest BCUT2D eigenvalue weighted by molar-refractivity contribution is 5.79. The highest BCUT2D eigenvalue weighted by Gasteiger charge is 2.31. The lowest BCUT2D eigenvalue weighted by atomic mass is 10.1. The van der Waals surface area contributed by atoms with Gasteiger partial charge in [-0.1, -0.05) is 18.9 Å². The van der Waals surface area contributed by atoms with Gasteiger partial charge < -0.3 is 4.90 Å². The molecule has 1 aliphatic carbocycles. The van der Waals surface area contributed by atoms with Crippen molar-refractivity contribution < 1.29 is 4.79 Å². The Kier molecular flexibility index (Phi) is 4.15. The molecule has 1 amide bonds. The van der Waals surface area contributed by atoms with Gasteiger partial charge >= 0.3 is 5.69 Å². The summed E-state index contributed by atoms with van der Waals surface area (Å²) in [6, 6.07) is 6.62. The Morgan fingerprint density at radius 1 is 1.00 bits per heavy atom. The van der Waals surface area contributed by atoms with Crippen molar-refractivity contribution in [3.63, 3.8) is 0 Å². The van der Waals surface area contributed by atoms with Crippen LogP contribution in [-0.4, -0.2) is 50.5 Å². The van der Waals surface area contributed by atoms with E-state index in [9.17, 15) is 9.59 Å². The van der Waals surface area contributed by atoms with Gasteiger partial charge in [-0.05, 0) is 30.5 Å². The minimum absolute atomic E-state index is 0.00694. The summed E-state index contributed by atoms with van der Waals surface area (Å²) in [5.74, 6) is 0.270. The maximum absolute atomic E-state index is 12.5. The molecule has 1 aliphatic heterocycles. The summed E-state index contributed by atoms with van der Waals surface area (Å²) in [6.07, 6.45) is 4.86. The molecule has 4 rings (SSSR count). The monoisotopic (exact) mass is 342 g/mol. The standard InChI is InChI=1S/C19H26N4O2/c1-20-16-8-7-14(11-17(16)21(2)19(20)25)12-22-9-10-23(18(24)13-22)15-5-3-4-6-15/h7-8,11,15H,3-6,9-10,12-13H2,1-2H3. The van der Waals surface area contributed by atoms with Crippen molar-refractivity contribution in [2.24, 2.45) is 14.1 Å². The smallest absolute Gasteiger partial charge is 0.328 e. The molecule has 6 nitrogen and oxygen atoms in total. The quantitative estimate of drug-likeness (QED) is 0.849. The second kappa shape index (κ2) is 6.33. The van der Waals surface area contributed by atoms with Gasteiger partial charge in [0.25, 0.3) is 0 Å². The molecule has 0 bridgehead atoms. The molecule has 0 unspecified atom stereocenters. The molecule has 1 saturated heterocycles. The number of piperazine rings is 1. The second-order valence-corrected chi connectivity index (χ2v) is 7.46. The molecule has 0 N–H and O–H groups in total. The number of hydrogen-bond donors (Lipinski definition) is 0. The van der Waals surface area contributed by atoms with E-state index in [4.69, 9.17) is 0 Å². The van der Waals surface area contributed by atoms with Gasteiger partial charge in [0.05, 0.1) is 17.6 Å². The van der Waals surface area contributed by atoms with Crippen LogP contribution in [-0.2, 0) is 25.4 Å². The number of aromatic nitrogens is 2. The Bertz CT molecular complexity index is 860. The first-order valence-corrected chi connectivity index (χ1v) is 9.21. The van der Waals surface area contributed by atoms with E-state index in [0.29, 0.717) is 12.6 Å². The zero-order valence-corrected chi connectivity index (χ0v) is 15.1. The number of fused-ring (bicyclic) bond motifs is 1. The van der Waals surface area contributed by atoms with Gasteiger partial charge in [0, 0.05) is 39.8 Å². The van der Waals surface area contributed by atoms with E-state index >= 15 is 0 Å². The molecular formula is C19H26N4O2. The molecule has 0 atom stereocenters. The number of nitrogens with zero attached hydrogens (tertiary/aromatic N) is 4. The van der Waals surface area contributed by atoms with E-state index in [1.165, 1.54) is 25.7 Å². The van der Waals surface area contributed by atoms with Crippen LogP contribution in [0.1, 0.15) is 31.2 Å². The lowest BCUT2D eigenvalue weighted by Crippen LogP contribution is -2.53. The van der Waals surface area contributed by atoms with Crippen molar-refractivity contribution >= 4 is 16.9 Å². The molecule has 0 radical (unpaired) electrons. The Morgan fingerprint density at radius 3 is 2.44 bits per heavy atom. The Balaban J connectivity index is 1.48. The molecule has 2 fully saturated rings. The van der Waals surface area contributed by atoms with Crippen LogP contribution in [0.25, 0.3) is 11.0 Å². The van der Waals surface area contributed by atoms with Crippen molar-refractivity contribution in [2.75, 3.05) is 19.6 Å². The summed E-state index contributed by atoms with van der Waals surface area (Å²) in [6.45, 7) is 3.02. The maximum atomic E-state index is 12.5. The van der Waals surface area contributed by atoms with Gasteiger partial charge in [-0.2, -0.15) is 0 Å². The zero-order valence-electron chi connectivity index (χ0n) is 15.1. The predicted octanol–water partition coefficient (Wildman–Crippen LogP) is 1.46. The van der Waals surface area contributed by atoms with Crippen LogP contribution in [0.5, 0.6) is 0 Å². The molecule has 0 spiro atoms. The number of carbonyl (C=O) groups is 1. The molecule has 2 heterocycles. The summed E-state index contributed by atoms with van der Waals surface area (Å²) in [7, 11) is 3.60. The van der Waals surface area contributed by atoms with Crippen molar-refractivity contribution in [2.45, 2.75) is 38.3 Å². The summed E-state index contributed by atoms with van der Waals surface area (Å²) >= 11 is 0. The second-order valence-electron chi connectivity index (χ2n) is 7.46. The summed E-state index contributed by atoms with van der Waals surface area (Å²) < 4.78 is 3.35. The van der Waals surface area contributed by atoms with Crippen LogP contribution in [0, 0.1) is 0 Å². The maximum Gasteiger partial charge on any atom is 0.328 e. The highest BCUT2D eigenvalue weighted by Crippen LogP contribution is 2.25. The minimum Gasteiger partial charge on any atom is -0.337 e. The highest BCUT2D eigenvalue weighted by atomic mass is 16.2. The molecule has 134 valence electrons. The van der Waals surface area contributed by atoms with Crippen molar-refractivity contribution in [3.05, 3.63) is 34.2 Å². The average Bonchev–Trinajstić information content (AvgIpc) is 3.20. The Hall–Kier alpha value is -2.08. The van der Waals surface area contributed by atoms with Crippen molar-refractivity contribution in [1.82, 2.24) is 18.9 Å². The van der Waals surface area contributed by atoms with E-state index < -0.39 is 0 Å². The topological polar surface area (TPSA) is 50.5 Å². The number of benzene rings is 1. The van der Waals surface area contributed by atoms with E-state index in [0.717, 1.165) is 36.2 Å². The fraction of sp³-hybridized carbons (Fsp3) is 0.579. The molecule has 6 heteroatoms. The average molecular weight is 342 g/mol. The Morgan fingerprint density at radius 2 is 1.72 bits per heavy atom. The van der Waals surface area contributed by atoms with Crippen LogP contribution >= 0.6 is 0 Å². The van der Waals surface area contributed by atoms with E-state index in [1.54, 1.807) is 23.2 Å². The van der Waals surface area contributed by atoms with E-state index in [-0.39, 0.29) is 11.6 Å². The molecular weight excluding hydrogens is 316 g/mol. The number of amides is 1. The Labute approximate surface area is 147 Å². The van der Waals surface area contributed by atoms with Gasteiger partial charge in [-0.25, -0.2) is 4.79 Å². The first-order chi connectivity index (χ1) is 12.0. The minimum atomic E-state index is -0.00694. The first kappa shape index (κ1) is 16.4. The van der Waals surface area contributed by atoms with Crippen LogP contribution in [0.3, 0.4) is 0 Å². The van der Waals surface area contributed by atoms with Crippen LogP contribution in [0.4, 0.5) is 0 Å². The summed E-state index contributed by atoms with van der Waals surface area (Å²) in [4.78, 5) is 28.9. The largest absolute Gasteiger partial charge is 0.337 e. The van der Waals surface area contributed by atoms with Crippen LogP contribution < -0.4 is 5.69 Å². The first-order valence-electron chi connectivity index (χ1n) is 9.21. The summed E-state index contributed by atoms with van der Waals surface area (Å²) in [5.41, 5.74) is 3.03. The van der Waals surface area contributed by atoms with Crippen molar-refractivity contribution in [1.29, 1.82) is 0 Å². The molecule has 1 aromatic heterocycles. The number of carbonyl (C=O) groups excluding carboxylic acids is 1. The molecule has 1 saturated carbocycles. The SMILES string of the molecule is Cn1c(=O)n(C)c2cc(CN3CCN(C4CCCC4)C(=O)C3)ccc21. The number of rotatable bonds is 3. The van der Waals surface area contributed by atoms with Crippen LogP contribution in [0.2, 0.25) is 0 Å². The van der Waals surface area contributed by atoms with Gasteiger partial charge in [-0.15, -0.1) is 0 Å². The number of aryl methyl sites for hydroxylation is 2. The van der Waals surface area contributed by atoms with Crippen LogP contribution in [0.15, 0.2) is 23.0 Å². The molecule has 25 heavy (non-hydrogen) atoms. The third kappa shape index (κ3) is 2.88. The van der Waals surface area contributed by atoms with Gasteiger partial charge in [-0.3, -0.25) is 18.8 Å². The van der Waals surface area contributed by atoms with Gasteiger partial charge in [0.1, 0.15) is 0 Å². The third-order valence-electron chi connectivity index (χ3n) is 5.84. The zero-order chi connectivity index (χ0) is 17.6. The normalized spacial score (nSPS) is 20.1. The lowest BCUT2D eigenvalue weighted by molar-refractivity contribution is -0.138. The van der Waals surface area contributed by atoms with Gasteiger partial charge in [0.15, 0.2) is 0 Å². The fourth-order valence-corrected chi connectivity index (χ4v) is 4.38. The molecule has 1 aromatic carbocycles. The van der Waals surface area contributed by atoms with Gasteiger partial charge in [0.2, 0.25) is 5.91 Å². The third-order valence-corrected chi connectivity index (χ3v) is 5.84. The van der Waals surface area contributed by atoms with E-state index in [1.807, 2.05) is 6.07 Å². The predicted molar refractivity (Wildman–Crippen MR) is 97.4 cm³/mol. The number of hydrogen-bond acceptors (Lipinski definition) is 3. The van der Waals surface area contributed by atoms with E-state index in [2.05, 4.69) is 21.9 Å². The lowest BCUT2D eigenvalue weighted by Gasteiger charge is -2.37. The van der Waals surface area contributed by atoms with Crippen molar-refractivity contribution in [3.8, 4) is 0 Å². The molecule has 2 aliphatic rings. The number of imidazole rings is 1. The fourth-order valence-electron chi connectivity index (χ4n) is 4.38. The summed E-state index contributed by atoms with van der Waals surface area (Å²) in [5, 5.41) is 0.